The summed E-state index contributed by atoms with van der Waals surface area (Å²) in [7, 11) is -9.97. The lowest BCUT2D eigenvalue weighted by Gasteiger charge is -2.21. The molecule has 0 saturated heterocycles. The molecule has 0 aromatic carbocycles. The summed E-state index contributed by atoms with van der Waals surface area (Å²) in [6.45, 7) is 4.73. The minimum atomic E-state index is -4.99. The van der Waals surface area contributed by atoms with Crippen LogP contribution in [0.3, 0.4) is 0 Å². The third-order valence-electron chi connectivity index (χ3n) is 16.5. The Bertz CT molecular complexity index is 2270. The maximum atomic E-state index is 13.1. The molecular weight excluding hydrogens is 1310 g/mol. The maximum absolute atomic E-state index is 13.1. The van der Waals surface area contributed by atoms with Crippen LogP contribution in [0.15, 0.2) is 97.2 Å². The summed E-state index contributed by atoms with van der Waals surface area (Å²) in [6, 6.07) is 0. The van der Waals surface area contributed by atoms with Crippen molar-refractivity contribution < 1.29 is 80.2 Å². The van der Waals surface area contributed by atoms with E-state index in [0.717, 1.165) is 148 Å². The largest absolute Gasteiger partial charge is 0.472 e. The molecule has 0 rings (SSSR count). The van der Waals surface area contributed by atoms with Gasteiger partial charge in [0, 0.05) is 25.7 Å². The number of aliphatic hydroxyl groups is 1. The van der Waals surface area contributed by atoms with Gasteiger partial charge in [0.05, 0.1) is 26.4 Å². The fourth-order valence-corrected chi connectivity index (χ4v) is 12.0. The number of phosphoric acid groups is 2. The molecule has 2 unspecified atom stereocenters. The molecule has 0 spiro atoms. The number of esters is 4. The van der Waals surface area contributed by atoms with Crippen molar-refractivity contribution in [3.05, 3.63) is 97.2 Å². The van der Waals surface area contributed by atoms with E-state index in [2.05, 4.69) is 113 Å². The van der Waals surface area contributed by atoms with E-state index in [1.165, 1.54) is 103 Å². The van der Waals surface area contributed by atoms with E-state index in [0.29, 0.717) is 32.1 Å². The van der Waals surface area contributed by atoms with Crippen LogP contribution in [-0.4, -0.2) is 96.7 Å². The fraction of sp³-hybridized carbons (Fsp3) is 0.753. The molecule has 0 amide bonds. The second-order valence-electron chi connectivity index (χ2n) is 26.3. The first-order valence-corrected chi connectivity index (χ1v) is 42.5. The highest BCUT2D eigenvalue weighted by molar-refractivity contribution is 7.47. The predicted octanol–water partition coefficient (Wildman–Crippen LogP) is 22.8. The number of rotatable bonds is 74. The summed E-state index contributed by atoms with van der Waals surface area (Å²) >= 11 is 0. The van der Waals surface area contributed by atoms with E-state index in [1.54, 1.807) is 0 Å². The van der Waals surface area contributed by atoms with E-state index in [-0.39, 0.29) is 25.7 Å². The first-order chi connectivity index (χ1) is 48.7. The number of aliphatic hydroxyl groups excluding tert-OH is 1. The normalized spacial score (nSPS) is 14.4. The molecule has 0 aromatic rings. The van der Waals surface area contributed by atoms with Gasteiger partial charge < -0.3 is 33.8 Å². The Morgan fingerprint density at radius 2 is 0.500 bits per heavy atom. The molecule has 0 aliphatic carbocycles. The van der Waals surface area contributed by atoms with Gasteiger partial charge in [-0.15, -0.1) is 0 Å². The zero-order chi connectivity index (χ0) is 73.2. The van der Waals surface area contributed by atoms with Crippen molar-refractivity contribution in [2.24, 2.45) is 0 Å². The number of carbonyl (C=O) groups excluding carboxylic acids is 4. The van der Waals surface area contributed by atoms with E-state index in [4.69, 9.17) is 37.0 Å². The molecule has 3 N–H and O–H groups in total. The van der Waals surface area contributed by atoms with E-state index in [1.807, 2.05) is 12.2 Å². The summed E-state index contributed by atoms with van der Waals surface area (Å²) in [5, 5.41) is 10.6. The highest BCUT2D eigenvalue weighted by Gasteiger charge is 2.30. The average molecular weight is 1450 g/mol. The monoisotopic (exact) mass is 1450 g/mol. The third kappa shape index (κ3) is 72.3. The summed E-state index contributed by atoms with van der Waals surface area (Å²) in [5.74, 6) is -2.26. The van der Waals surface area contributed by atoms with Crippen molar-refractivity contribution >= 4 is 39.5 Å². The molecule has 5 atom stereocenters. The van der Waals surface area contributed by atoms with E-state index >= 15 is 0 Å². The number of phosphoric ester groups is 2. The molecule has 0 bridgehead atoms. The summed E-state index contributed by atoms with van der Waals surface area (Å²) in [5.41, 5.74) is 0. The minimum absolute atomic E-state index is 0.0175. The van der Waals surface area contributed by atoms with Gasteiger partial charge in [-0.1, -0.05) is 260 Å². The number of allylic oxidation sites excluding steroid dienone is 16. The van der Waals surface area contributed by atoms with Gasteiger partial charge in [-0.25, -0.2) is 9.13 Å². The van der Waals surface area contributed by atoms with E-state index in [9.17, 15) is 43.2 Å². The van der Waals surface area contributed by atoms with Gasteiger partial charge in [-0.2, -0.15) is 0 Å². The molecule has 19 heteroatoms. The number of unbranched alkanes of at least 4 members (excludes halogenated alkanes) is 32. The van der Waals surface area contributed by atoms with Crippen molar-refractivity contribution in [3.8, 4) is 0 Å². The number of ether oxygens (including phenoxy) is 4. The van der Waals surface area contributed by atoms with Crippen LogP contribution in [0.2, 0.25) is 0 Å². The Hall–Kier alpha value is -4.02. The third-order valence-corrected chi connectivity index (χ3v) is 18.4. The Labute approximate surface area is 607 Å². The molecule has 0 saturated carbocycles. The van der Waals surface area contributed by atoms with Crippen LogP contribution in [0.5, 0.6) is 0 Å². The molecule has 0 radical (unpaired) electrons. The highest BCUT2D eigenvalue weighted by Crippen LogP contribution is 2.45. The second kappa shape index (κ2) is 73.3. The first kappa shape index (κ1) is 96.0. The van der Waals surface area contributed by atoms with Crippen LogP contribution < -0.4 is 0 Å². The summed E-state index contributed by atoms with van der Waals surface area (Å²) in [6.07, 6.45) is 76.8. The van der Waals surface area contributed by atoms with Crippen LogP contribution in [0, 0.1) is 0 Å². The SMILES string of the molecule is CCCCC/C=C\C/C=C\C/C=C\C/C=C\CCCC(=O)O[C@H](COC(=O)CCCCCCC/C=C\CCCCCC)COP(=O)(O)OC[C@H](O)COP(=O)(O)OC[C@@H](COC(=O)CCCCCCC/C=C\CCCCCCCC)OC(=O)CCCCCCC/C=C\C/C=C\CCCCC. The number of carbonyl (C=O) groups is 4. The van der Waals surface area contributed by atoms with Crippen molar-refractivity contribution in [3.63, 3.8) is 0 Å². The smallest absolute Gasteiger partial charge is 0.462 e. The molecular formula is C81H142O17P2. The molecule has 17 nitrogen and oxygen atoms in total. The first-order valence-electron chi connectivity index (χ1n) is 39.5. The van der Waals surface area contributed by atoms with Gasteiger partial charge in [0.25, 0.3) is 0 Å². The minimum Gasteiger partial charge on any atom is -0.462 e. The average Bonchev–Trinajstić information content (AvgIpc) is 1.13. The van der Waals surface area contributed by atoms with Gasteiger partial charge in [-0.05, 0) is 148 Å². The molecule has 0 heterocycles. The Morgan fingerprint density at radius 1 is 0.280 bits per heavy atom. The lowest BCUT2D eigenvalue weighted by Crippen LogP contribution is -2.30. The highest BCUT2D eigenvalue weighted by atomic mass is 31.2. The number of hydrogen-bond donors (Lipinski definition) is 3. The Morgan fingerprint density at radius 3 is 0.830 bits per heavy atom. The fourth-order valence-electron chi connectivity index (χ4n) is 10.4. The maximum Gasteiger partial charge on any atom is 0.472 e. The molecule has 0 aliphatic heterocycles. The van der Waals surface area contributed by atoms with Crippen molar-refractivity contribution in [1.82, 2.24) is 0 Å². The van der Waals surface area contributed by atoms with Crippen molar-refractivity contribution in [1.29, 1.82) is 0 Å². The van der Waals surface area contributed by atoms with Crippen LogP contribution >= 0.6 is 15.6 Å². The summed E-state index contributed by atoms with van der Waals surface area (Å²) in [4.78, 5) is 72.9. The van der Waals surface area contributed by atoms with Crippen molar-refractivity contribution in [2.75, 3.05) is 39.6 Å². The molecule has 0 fully saturated rings. The topological polar surface area (TPSA) is 237 Å². The lowest BCUT2D eigenvalue weighted by molar-refractivity contribution is -0.161. The Balaban J connectivity index is 5.42. The standard InChI is InChI=1S/C81H142O17P2/c1-5-9-13-17-21-25-29-33-36-37-40-44-48-52-56-60-64-68-81(86)98-76(71-91-78(83)65-61-57-53-49-45-41-32-28-24-20-16-12-8-4)73-95-99(87,88)93-69-75(82)70-94-100(89,90)96-74-77(97-80(85)67-63-59-55-51-47-43-39-35-31-27-23-19-15-11-7-3)72-92-79(84)66-62-58-54-50-46-42-38-34-30-26-22-18-14-10-6-2/h21,23,25,27-28,32-36,38-40,44,52,56,75-77,82H,5-20,22,24,26,29-31,37,41-43,45-51,53-55,57-74H2,1-4H3,(H,87,88)(H,89,90)/b25-21-,27-23-,32-28-,36-33-,38-34-,39-35-,44-40-,56-52-/t75-,76+,77+/m0/s1. The van der Waals surface area contributed by atoms with Crippen molar-refractivity contribution in [2.45, 2.75) is 354 Å². The van der Waals surface area contributed by atoms with Gasteiger partial charge >= 0.3 is 39.5 Å². The van der Waals surface area contributed by atoms with Crippen LogP contribution in [0.1, 0.15) is 336 Å². The van der Waals surface area contributed by atoms with Gasteiger partial charge in [-0.3, -0.25) is 37.3 Å². The predicted molar refractivity (Wildman–Crippen MR) is 409 cm³/mol. The summed E-state index contributed by atoms with van der Waals surface area (Å²) < 4.78 is 68.5. The lowest BCUT2D eigenvalue weighted by atomic mass is 10.1. The second-order valence-corrected chi connectivity index (χ2v) is 29.2. The van der Waals surface area contributed by atoms with Gasteiger partial charge in [0.15, 0.2) is 12.2 Å². The molecule has 100 heavy (non-hydrogen) atoms. The van der Waals surface area contributed by atoms with Gasteiger partial charge in [0.2, 0.25) is 0 Å². The van der Waals surface area contributed by atoms with E-state index < -0.39 is 97.5 Å². The van der Waals surface area contributed by atoms with Crippen LogP contribution in [-0.2, 0) is 65.4 Å². The molecule has 0 aromatic heterocycles. The zero-order valence-electron chi connectivity index (χ0n) is 63.1. The molecule has 578 valence electrons. The quantitative estimate of drug-likeness (QED) is 0.0169. The van der Waals surface area contributed by atoms with Crippen LogP contribution in [0.4, 0.5) is 0 Å². The molecule has 0 aliphatic rings. The van der Waals surface area contributed by atoms with Gasteiger partial charge in [0.1, 0.15) is 19.3 Å². The zero-order valence-corrected chi connectivity index (χ0v) is 64.9. The van der Waals surface area contributed by atoms with Crippen LogP contribution in [0.25, 0.3) is 0 Å². The Kier molecular flexibility index (Phi) is 70.4. The number of hydrogen-bond acceptors (Lipinski definition) is 15.